The lowest BCUT2D eigenvalue weighted by molar-refractivity contribution is -0.697. The lowest BCUT2D eigenvalue weighted by Gasteiger charge is -2.36. The molecular weight excluding hydrogens is 538 g/mol. The van der Waals surface area contributed by atoms with Crippen LogP contribution in [-0.4, -0.2) is 66.8 Å². The van der Waals surface area contributed by atoms with E-state index in [0.717, 1.165) is 16.7 Å². The monoisotopic (exact) mass is 575 g/mol. The van der Waals surface area contributed by atoms with Crippen molar-refractivity contribution in [3.63, 3.8) is 0 Å². The number of halogens is 1. The third-order valence-corrected chi connectivity index (χ3v) is 6.49. The summed E-state index contributed by atoms with van der Waals surface area (Å²) in [5.74, 6) is -0.791. The number of carboxylic acid groups (broad SMARTS) is 1. The van der Waals surface area contributed by atoms with E-state index in [2.05, 4.69) is 0 Å². The van der Waals surface area contributed by atoms with E-state index in [1.54, 1.807) is 37.4 Å². The van der Waals surface area contributed by atoms with Crippen LogP contribution in [0.15, 0.2) is 42.5 Å². The largest absolute Gasteiger partial charge is 1.00 e. The van der Waals surface area contributed by atoms with Gasteiger partial charge in [-0.15, -0.1) is 0 Å². The summed E-state index contributed by atoms with van der Waals surface area (Å²) in [6, 6.07) is 12.8. The van der Waals surface area contributed by atoms with E-state index >= 15 is 0 Å². The Morgan fingerprint density at radius 1 is 1.12 bits per heavy atom. The van der Waals surface area contributed by atoms with E-state index in [1.807, 2.05) is 30.3 Å². The molecule has 1 heterocycles. The standard InChI is InChI=1S/C27H34N2O7.C2H3N.ClH/c1-5-36-27(33)21(12-11-18-9-7-6-8-10-18)28-17(2)25(30)29-16-20-15-24(35-4)23(34-3)14-19(20)13-22(29)26(31)32;1-2-3;/h6-10,14-15,17,21-22,28H,5,11-13,16H2,1-4H3,(H,31,32);1H3;1H/t17-,21-,22-;;/m0../s1. The van der Waals surface area contributed by atoms with Crippen LogP contribution in [-0.2, 0) is 38.5 Å². The summed E-state index contributed by atoms with van der Waals surface area (Å²) in [5, 5.41) is 18.9. The normalized spacial score (nSPS) is 15.0. The van der Waals surface area contributed by atoms with Crippen molar-refractivity contribution in [2.24, 2.45) is 0 Å². The van der Waals surface area contributed by atoms with Crippen LogP contribution >= 0.6 is 0 Å². The Kier molecular flexibility index (Phi) is 14.5. The van der Waals surface area contributed by atoms with E-state index in [9.17, 15) is 19.5 Å². The van der Waals surface area contributed by atoms with Crippen LogP contribution in [0.3, 0.4) is 0 Å². The number of esters is 1. The Balaban J connectivity index is 0.00000191. The fourth-order valence-corrected chi connectivity index (χ4v) is 4.57. The molecule has 218 valence electrons. The first-order valence-corrected chi connectivity index (χ1v) is 12.8. The van der Waals surface area contributed by atoms with Crippen LogP contribution in [0.4, 0.5) is 0 Å². The summed E-state index contributed by atoms with van der Waals surface area (Å²) in [5.41, 5.74) is 2.69. The molecule has 2 aromatic carbocycles. The molecule has 3 rings (SSSR count). The molecule has 40 heavy (non-hydrogen) atoms. The molecule has 0 radical (unpaired) electrons. The Bertz CT molecular complexity index is 1170. The fourth-order valence-electron chi connectivity index (χ4n) is 4.57. The highest BCUT2D eigenvalue weighted by Crippen LogP contribution is 2.35. The molecule has 0 fully saturated rings. The number of carboxylic acids is 1. The maximum absolute atomic E-state index is 13.5. The van der Waals surface area contributed by atoms with Crippen molar-refractivity contribution in [3.8, 4) is 17.6 Å². The number of nitrogens with zero attached hydrogens (tertiary/aromatic N) is 2. The van der Waals surface area contributed by atoms with Gasteiger partial charge in [0.05, 0.1) is 26.9 Å². The van der Waals surface area contributed by atoms with Gasteiger partial charge in [0.1, 0.15) is 6.04 Å². The molecular formula is C29H38ClN3O7. The summed E-state index contributed by atoms with van der Waals surface area (Å²) in [6.45, 7) is 5.23. The van der Waals surface area contributed by atoms with E-state index < -0.39 is 24.1 Å². The van der Waals surface area contributed by atoms with Gasteiger partial charge >= 0.3 is 11.9 Å². The number of rotatable bonds is 11. The van der Waals surface area contributed by atoms with Crippen LogP contribution < -0.4 is 27.2 Å². The smallest absolute Gasteiger partial charge is 0.364 e. The van der Waals surface area contributed by atoms with Crippen molar-refractivity contribution in [3.05, 3.63) is 59.2 Å². The number of methoxy groups -OCH3 is 2. The summed E-state index contributed by atoms with van der Waals surface area (Å²) in [4.78, 5) is 39.7. The Hall–Kier alpha value is -3.81. The number of carbonyl (C=O) groups is 3. The number of hydrogen-bond acceptors (Lipinski definition) is 7. The van der Waals surface area contributed by atoms with Gasteiger partial charge in [-0.2, -0.15) is 5.26 Å². The van der Waals surface area contributed by atoms with E-state index in [0.29, 0.717) is 24.3 Å². The van der Waals surface area contributed by atoms with Gasteiger partial charge in [0.15, 0.2) is 23.6 Å². The van der Waals surface area contributed by atoms with Crippen molar-refractivity contribution in [2.75, 3.05) is 20.8 Å². The number of nitrogens with two attached hydrogens (primary N) is 1. The van der Waals surface area contributed by atoms with Crippen LogP contribution in [0.25, 0.3) is 0 Å². The number of nitriles is 1. The van der Waals surface area contributed by atoms with Gasteiger partial charge in [0, 0.05) is 26.3 Å². The lowest BCUT2D eigenvalue weighted by Crippen LogP contribution is -3.00. The minimum absolute atomic E-state index is 0. The Morgan fingerprint density at radius 3 is 2.23 bits per heavy atom. The van der Waals surface area contributed by atoms with E-state index in [-0.39, 0.29) is 43.9 Å². The molecule has 2 aromatic rings. The number of fused-ring (bicyclic) bond motifs is 1. The second kappa shape index (κ2) is 17.0. The van der Waals surface area contributed by atoms with Gasteiger partial charge in [0.2, 0.25) is 0 Å². The molecule has 0 aliphatic carbocycles. The molecule has 3 atom stereocenters. The quantitative estimate of drug-likeness (QED) is 0.328. The average molecular weight is 576 g/mol. The van der Waals surface area contributed by atoms with Crippen molar-refractivity contribution in [1.82, 2.24) is 4.90 Å². The molecule has 1 aliphatic rings. The molecule has 1 amide bonds. The third-order valence-electron chi connectivity index (χ3n) is 6.49. The number of aryl methyl sites for hydroxylation is 1. The van der Waals surface area contributed by atoms with Crippen LogP contribution in [0.2, 0.25) is 0 Å². The number of carbonyl (C=O) groups excluding carboxylic acids is 2. The number of quaternary nitrogens is 1. The Labute approximate surface area is 241 Å². The first kappa shape index (κ1) is 34.2. The highest BCUT2D eigenvalue weighted by molar-refractivity contribution is 5.87. The van der Waals surface area contributed by atoms with E-state index in [1.165, 1.54) is 26.0 Å². The Morgan fingerprint density at radius 2 is 1.70 bits per heavy atom. The maximum Gasteiger partial charge on any atom is 0.364 e. The van der Waals surface area contributed by atoms with Crippen molar-refractivity contribution < 1.29 is 51.4 Å². The van der Waals surface area contributed by atoms with Gasteiger partial charge in [-0.05, 0) is 49.1 Å². The SMILES string of the molecule is CC#N.CCOC(=O)[C@H](CCc1ccccc1)[NH2+][C@@H](C)C(=O)N1Cc2cc(OC)c(OC)cc2C[C@H]1C(=O)O.[Cl-]. The zero-order chi connectivity index (χ0) is 28.9. The molecule has 0 saturated heterocycles. The zero-order valence-corrected chi connectivity index (χ0v) is 24.3. The molecule has 0 saturated carbocycles. The minimum Gasteiger partial charge on any atom is -1.00 e. The van der Waals surface area contributed by atoms with Gasteiger partial charge < -0.3 is 41.9 Å². The van der Waals surface area contributed by atoms with Gasteiger partial charge in [0.25, 0.3) is 5.91 Å². The van der Waals surface area contributed by atoms with Crippen LogP contribution in [0, 0.1) is 11.3 Å². The summed E-state index contributed by atoms with van der Waals surface area (Å²) >= 11 is 0. The summed E-state index contributed by atoms with van der Waals surface area (Å²) in [7, 11) is 3.05. The second-order valence-electron chi connectivity index (χ2n) is 9.09. The van der Waals surface area contributed by atoms with Crippen molar-refractivity contribution in [2.45, 2.75) is 64.7 Å². The van der Waals surface area contributed by atoms with Crippen LogP contribution in [0.1, 0.15) is 43.9 Å². The van der Waals surface area contributed by atoms with Gasteiger partial charge in [-0.1, -0.05) is 30.3 Å². The van der Waals surface area contributed by atoms with Crippen molar-refractivity contribution >= 4 is 17.8 Å². The lowest BCUT2D eigenvalue weighted by atomic mass is 9.92. The number of hydrogen-bond donors (Lipinski definition) is 2. The topological polar surface area (TPSA) is 143 Å². The van der Waals surface area contributed by atoms with Crippen molar-refractivity contribution in [1.29, 1.82) is 5.26 Å². The predicted octanol–water partition coefficient (Wildman–Crippen LogP) is -0.908. The summed E-state index contributed by atoms with van der Waals surface area (Å²) in [6.07, 6.45) is 1.29. The molecule has 0 aromatic heterocycles. The summed E-state index contributed by atoms with van der Waals surface area (Å²) < 4.78 is 16.0. The molecule has 11 heteroatoms. The predicted molar refractivity (Wildman–Crippen MR) is 143 cm³/mol. The number of ether oxygens (including phenoxy) is 3. The third kappa shape index (κ3) is 9.14. The highest BCUT2D eigenvalue weighted by Gasteiger charge is 2.39. The molecule has 0 unspecified atom stereocenters. The average Bonchev–Trinajstić information content (AvgIpc) is 2.94. The zero-order valence-electron chi connectivity index (χ0n) is 23.6. The minimum atomic E-state index is -1.08. The number of benzene rings is 2. The first-order chi connectivity index (χ1) is 18.7. The molecule has 3 N–H and O–H groups in total. The molecule has 1 aliphatic heterocycles. The first-order valence-electron chi connectivity index (χ1n) is 12.8. The van der Waals surface area contributed by atoms with Crippen LogP contribution in [0.5, 0.6) is 11.5 Å². The highest BCUT2D eigenvalue weighted by atomic mass is 35.5. The molecule has 0 bridgehead atoms. The van der Waals surface area contributed by atoms with Gasteiger partial charge in [-0.3, -0.25) is 4.79 Å². The second-order valence-corrected chi connectivity index (χ2v) is 9.09. The molecule has 10 nitrogen and oxygen atoms in total. The molecule has 0 spiro atoms. The maximum atomic E-state index is 13.5. The number of amides is 1. The number of aliphatic carboxylic acids is 1. The van der Waals surface area contributed by atoms with Gasteiger partial charge in [-0.25, -0.2) is 9.59 Å². The fraction of sp³-hybridized carbons (Fsp3) is 0.448. The van der Waals surface area contributed by atoms with E-state index in [4.69, 9.17) is 19.5 Å².